The molecule has 2 fully saturated rings. The molecule has 1 aromatic carbocycles. The summed E-state index contributed by atoms with van der Waals surface area (Å²) in [7, 11) is 2.13. The highest BCUT2D eigenvalue weighted by Gasteiger charge is 2.39. The number of piperidine rings is 1. The van der Waals surface area contributed by atoms with Gasteiger partial charge in [0.1, 0.15) is 6.33 Å². The van der Waals surface area contributed by atoms with Crippen LogP contribution < -0.4 is 5.32 Å². The van der Waals surface area contributed by atoms with Crippen LogP contribution in [0.25, 0.3) is 5.69 Å². The van der Waals surface area contributed by atoms with Gasteiger partial charge < -0.3 is 15.1 Å². The van der Waals surface area contributed by atoms with Gasteiger partial charge in [0.25, 0.3) is 0 Å². The van der Waals surface area contributed by atoms with E-state index in [1.165, 1.54) is 12.7 Å². The summed E-state index contributed by atoms with van der Waals surface area (Å²) in [6.45, 7) is 3.33. The minimum Gasteiger partial charge on any atom is -0.331 e. The monoisotopic (exact) mass is 340 g/mol. The van der Waals surface area contributed by atoms with Crippen LogP contribution in [0.2, 0.25) is 0 Å². The number of hydrogen-bond acceptors (Lipinski definition) is 4. The molecule has 0 bridgehead atoms. The lowest BCUT2D eigenvalue weighted by Gasteiger charge is -2.36. The van der Waals surface area contributed by atoms with Gasteiger partial charge in [-0.3, -0.25) is 0 Å². The molecule has 0 radical (unpaired) electrons. The van der Waals surface area contributed by atoms with E-state index in [1.54, 1.807) is 4.68 Å². The van der Waals surface area contributed by atoms with E-state index >= 15 is 0 Å². The molecule has 1 N–H and O–H groups in total. The van der Waals surface area contributed by atoms with E-state index in [1.807, 2.05) is 35.2 Å². The highest BCUT2D eigenvalue weighted by Crippen LogP contribution is 2.31. The molecule has 2 amide bonds. The second-order valence-corrected chi connectivity index (χ2v) is 6.94. The second kappa shape index (κ2) is 6.84. The van der Waals surface area contributed by atoms with Gasteiger partial charge in [0, 0.05) is 19.1 Å². The number of aromatic nitrogens is 3. The molecule has 0 aliphatic carbocycles. The summed E-state index contributed by atoms with van der Waals surface area (Å²) in [5, 5.41) is 7.30. The number of nitrogens with zero attached hydrogens (tertiary/aromatic N) is 5. The average molecular weight is 340 g/mol. The quantitative estimate of drug-likeness (QED) is 0.920. The molecule has 4 rings (SSSR count). The van der Waals surface area contributed by atoms with E-state index in [-0.39, 0.29) is 6.03 Å². The summed E-state index contributed by atoms with van der Waals surface area (Å²) in [6.07, 6.45) is 3.83. The van der Waals surface area contributed by atoms with Crippen LogP contribution in [0.4, 0.5) is 4.79 Å². The van der Waals surface area contributed by atoms with Crippen molar-refractivity contribution in [2.24, 2.45) is 5.92 Å². The zero-order valence-corrected chi connectivity index (χ0v) is 14.5. The van der Waals surface area contributed by atoms with Crippen molar-refractivity contribution in [2.45, 2.75) is 25.4 Å². The maximum Gasteiger partial charge on any atom is 0.318 e. The van der Waals surface area contributed by atoms with E-state index in [4.69, 9.17) is 0 Å². The van der Waals surface area contributed by atoms with E-state index < -0.39 is 0 Å². The number of hydrogen-bond donors (Lipinski definition) is 1. The number of para-hydroxylation sites is 1. The van der Waals surface area contributed by atoms with Gasteiger partial charge in [0.2, 0.25) is 0 Å². The first-order valence-corrected chi connectivity index (χ1v) is 8.89. The number of amides is 2. The Labute approximate surface area is 147 Å². The van der Waals surface area contributed by atoms with Gasteiger partial charge in [0.05, 0.1) is 12.2 Å². The fraction of sp³-hybridized carbons (Fsp3) is 0.500. The van der Waals surface area contributed by atoms with Crippen molar-refractivity contribution >= 4 is 6.03 Å². The predicted molar refractivity (Wildman–Crippen MR) is 94.3 cm³/mol. The molecule has 3 heterocycles. The van der Waals surface area contributed by atoms with Crippen molar-refractivity contribution < 1.29 is 4.79 Å². The molecule has 0 saturated carbocycles. The Morgan fingerprint density at radius 3 is 2.88 bits per heavy atom. The van der Waals surface area contributed by atoms with Crippen molar-refractivity contribution in [1.29, 1.82) is 0 Å². The first-order chi connectivity index (χ1) is 12.2. The standard InChI is InChI=1S/C18H24N6O/c1-22-9-7-14-8-10-23(16(14)12-22)18(25)19-11-17-20-13-21-24(17)15-5-3-2-4-6-15/h2-6,13-14,16H,7-12H2,1H3,(H,19,25)/t14-,16-/m1/s1. The van der Waals surface area contributed by atoms with Gasteiger partial charge in [-0.1, -0.05) is 18.2 Å². The second-order valence-electron chi connectivity index (χ2n) is 6.94. The van der Waals surface area contributed by atoms with Gasteiger partial charge in [-0.15, -0.1) is 0 Å². The number of nitrogens with one attached hydrogen (secondary N) is 1. The third-order valence-electron chi connectivity index (χ3n) is 5.34. The van der Waals surface area contributed by atoms with Crippen LogP contribution in [0.15, 0.2) is 36.7 Å². The number of fused-ring (bicyclic) bond motifs is 1. The van der Waals surface area contributed by atoms with E-state index in [9.17, 15) is 4.79 Å². The van der Waals surface area contributed by atoms with E-state index in [2.05, 4.69) is 27.3 Å². The highest BCUT2D eigenvalue weighted by molar-refractivity contribution is 5.75. The molecule has 2 aliphatic heterocycles. The molecule has 1 aromatic heterocycles. The number of likely N-dealkylation sites (N-methyl/N-ethyl adjacent to an activating group) is 1. The van der Waals surface area contributed by atoms with Crippen molar-refractivity contribution in [2.75, 3.05) is 26.7 Å². The van der Waals surface area contributed by atoms with Crippen LogP contribution in [-0.4, -0.2) is 63.3 Å². The predicted octanol–water partition coefficient (Wildman–Crippen LogP) is 1.50. The summed E-state index contributed by atoms with van der Waals surface area (Å²) in [5.41, 5.74) is 0.944. The normalized spacial score (nSPS) is 23.5. The van der Waals surface area contributed by atoms with Crippen LogP contribution in [0.3, 0.4) is 0 Å². The summed E-state index contributed by atoms with van der Waals surface area (Å²) < 4.78 is 1.77. The van der Waals surface area contributed by atoms with Gasteiger partial charge in [0.15, 0.2) is 5.82 Å². The lowest BCUT2D eigenvalue weighted by molar-refractivity contribution is 0.130. The third-order valence-corrected chi connectivity index (χ3v) is 5.34. The maximum atomic E-state index is 12.7. The Morgan fingerprint density at radius 2 is 2.04 bits per heavy atom. The van der Waals surface area contributed by atoms with Gasteiger partial charge in [-0.05, 0) is 44.5 Å². The molecule has 2 atom stereocenters. The molecule has 0 spiro atoms. The molecule has 0 unspecified atom stereocenters. The molecular formula is C18H24N6O. The number of urea groups is 1. The summed E-state index contributed by atoms with van der Waals surface area (Å²) in [4.78, 5) is 21.3. The number of likely N-dealkylation sites (tertiary alicyclic amines) is 2. The van der Waals surface area contributed by atoms with Crippen LogP contribution >= 0.6 is 0 Å². The minimum atomic E-state index is 0.00501. The molecule has 25 heavy (non-hydrogen) atoms. The summed E-state index contributed by atoms with van der Waals surface area (Å²) >= 11 is 0. The fourth-order valence-corrected chi connectivity index (χ4v) is 3.98. The van der Waals surface area contributed by atoms with Gasteiger partial charge in [-0.2, -0.15) is 5.10 Å². The van der Waals surface area contributed by atoms with Crippen LogP contribution in [0.5, 0.6) is 0 Å². The van der Waals surface area contributed by atoms with E-state index in [0.717, 1.165) is 37.6 Å². The number of benzene rings is 1. The fourth-order valence-electron chi connectivity index (χ4n) is 3.98. The first-order valence-electron chi connectivity index (χ1n) is 8.89. The number of carbonyl (C=O) groups excluding carboxylic acids is 1. The minimum absolute atomic E-state index is 0.00501. The third kappa shape index (κ3) is 3.24. The molecule has 7 heteroatoms. The Morgan fingerprint density at radius 1 is 1.24 bits per heavy atom. The summed E-state index contributed by atoms with van der Waals surface area (Å²) in [5.74, 6) is 1.38. The van der Waals surface area contributed by atoms with Crippen molar-refractivity contribution in [3.63, 3.8) is 0 Å². The zero-order valence-electron chi connectivity index (χ0n) is 14.5. The summed E-state index contributed by atoms with van der Waals surface area (Å²) in [6, 6.07) is 10.2. The smallest absolute Gasteiger partial charge is 0.318 e. The van der Waals surface area contributed by atoms with Crippen molar-refractivity contribution in [3.8, 4) is 5.69 Å². The first kappa shape index (κ1) is 16.1. The van der Waals surface area contributed by atoms with Gasteiger partial charge >= 0.3 is 6.03 Å². The Kier molecular flexibility index (Phi) is 4.40. The van der Waals surface area contributed by atoms with Crippen molar-refractivity contribution in [3.05, 3.63) is 42.5 Å². The largest absolute Gasteiger partial charge is 0.331 e. The molecule has 2 saturated heterocycles. The van der Waals surface area contributed by atoms with Crippen molar-refractivity contribution in [1.82, 2.24) is 29.9 Å². The molecular weight excluding hydrogens is 316 g/mol. The highest BCUT2D eigenvalue weighted by atomic mass is 16.2. The Balaban J connectivity index is 1.41. The molecule has 2 aliphatic rings. The van der Waals surface area contributed by atoms with Crippen LogP contribution in [0.1, 0.15) is 18.7 Å². The van der Waals surface area contributed by atoms with Crippen LogP contribution in [0, 0.1) is 5.92 Å². The lowest BCUT2D eigenvalue weighted by Crippen LogP contribution is -2.51. The van der Waals surface area contributed by atoms with Crippen LogP contribution in [-0.2, 0) is 6.54 Å². The molecule has 2 aromatic rings. The Bertz CT molecular complexity index is 730. The number of carbonyl (C=O) groups is 1. The molecule has 7 nitrogen and oxygen atoms in total. The average Bonchev–Trinajstić information content (AvgIpc) is 3.27. The zero-order chi connectivity index (χ0) is 17.2. The van der Waals surface area contributed by atoms with E-state index in [0.29, 0.717) is 18.5 Å². The SMILES string of the molecule is CN1CC[C@@H]2CCN(C(=O)NCc3ncnn3-c3ccccc3)[C@@H]2C1. The molecule has 132 valence electrons. The van der Waals surface area contributed by atoms with Gasteiger partial charge in [-0.25, -0.2) is 14.5 Å². The topological polar surface area (TPSA) is 66.3 Å². The number of rotatable bonds is 3. The Hall–Kier alpha value is -2.41. The lowest BCUT2D eigenvalue weighted by atomic mass is 9.92. The maximum absolute atomic E-state index is 12.7.